The van der Waals surface area contributed by atoms with Crippen molar-refractivity contribution in [2.45, 2.75) is 110 Å². The molecule has 2 aliphatic carbocycles. The molecule has 0 saturated heterocycles. The van der Waals surface area contributed by atoms with Crippen molar-refractivity contribution in [3.63, 3.8) is 0 Å². The van der Waals surface area contributed by atoms with Crippen molar-refractivity contribution in [3.8, 4) is 51.4 Å². The first-order valence-electron chi connectivity index (χ1n) is 20.2. The summed E-state index contributed by atoms with van der Waals surface area (Å²) >= 11 is 0. The van der Waals surface area contributed by atoms with E-state index in [1.165, 1.54) is 62.5 Å². The van der Waals surface area contributed by atoms with Crippen molar-refractivity contribution in [3.05, 3.63) is 114 Å². The summed E-state index contributed by atoms with van der Waals surface area (Å²) in [5, 5.41) is 9.24. The molecule has 53 heavy (non-hydrogen) atoms. The molecule has 272 valence electrons. The molecule has 1 heterocycles. The summed E-state index contributed by atoms with van der Waals surface area (Å²) in [4.78, 5) is 15.4. The zero-order chi connectivity index (χ0) is 37.2. The third kappa shape index (κ3) is 8.01. The van der Waals surface area contributed by atoms with E-state index in [2.05, 4.69) is 120 Å². The fourth-order valence-corrected chi connectivity index (χ4v) is 9.86. The number of nitriles is 1. The summed E-state index contributed by atoms with van der Waals surface area (Å²) in [7, 11) is 0. The van der Waals surface area contributed by atoms with Crippen LogP contribution in [-0.2, 0) is 10.8 Å². The standard InChI is InChI=1S/C49H56N4/c1-7-49(30-35(4)10-11-36(5)31-49)44-26-22-42(23-27-44)47-52-45(40-18-16-39(17-19-40)38-14-12-37(32-50)13-15-38)51-46(53-47)41-20-24-43(25-21-41)48(6)28-33(2)8-9-34(3)29-48/h12-27,33-36H,7-11,28-31H2,1-6H3/t33-,34?,35-,36?,48?,49?/m0/s1. The highest BCUT2D eigenvalue weighted by Crippen LogP contribution is 2.46. The van der Waals surface area contributed by atoms with Crippen LogP contribution < -0.4 is 0 Å². The van der Waals surface area contributed by atoms with Gasteiger partial charge in [-0.25, -0.2) is 15.0 Å². The highest BCUT2D eigenvalue weighted by atomic mass is 15.0. The van der Waals surface area contributed by atoms with E-state index in [1.54, 1.807) is 0 Å². The van der Waals surface area contributed by atoms with E-state index in [4.69, 9.17) is 15.0 Å². The van der Waals surface area contributed by atoms with Gasteiger partial charge in [-0.15, -0.1) is 0 Å². The predicted octanol–water partition coefficient (Wildman–Crippen LogP) is 13.0. The Balaban J connectivity index is 1.26. The van der Waals surface area contributed by atoms with E-state index < -0.39 is 0 Å². The maximum absolute atomic E-state index is 9.24. The Kier molecular flexibility index (Phi) is 10.7. The van der Waals surface area contributed by atoms with Crippen molar-refractivity contribution in [1.82, 2.24) is 15.0 Å². The molecule has 2 aliphatic rings. The minimum Gasteiger partial charge on any atom is -0.208 e. The molecule has 4 unspecified atom stereocenters. The van der Waals surface area contributed by atoms with Gasteiger partial charge in [0.2, 0.25) is 0 Å². The lowest BCUT2D eigenvalue weighted by atomic mass is 9.69. The van der Waals surface area contributed by atoms with Crippen molar-refractivity contribution < 1.29 is 0 Å². The van der Waals surface area contributed by atoms with Crippen molar-refractivity contribution in [2.24, 2.45) is 23.7 Å². The molecule has 5 aromatic rings. The molecule has 0 amide bonds. The van der Waals surface area contributed by atoms with E-state index >= 15 is 0 Å². The summed E-state index contributed by atoms with van der Waals surface area (Å²) in [6.45, 7) is 14.5. The molecule has 7 rings (SSSR count). The monoisotopic (exact) mass is 700 g/mol. The van der Waals surface area contributed by atoms with Crippen molar-refractivity contribution in [1.29, 1.82) is 5.26 Å². The molecule has 0 spiro atoms. The third-order valence-corrected chi connectivity index (χ3v) is 12.8. The van der Waals surface area contributed by atoms with Crippen LogP contribution in [0.4, 0.5) is 0 Å². The maximum atomic E-state index is 9.24. The van der Waals surface area contributed by atoms with Crippen molar-refractivity contribution in [2.75, 3.05) is 0 Å². The molecule has 4 heteroatoms. The summed E-state index contributed by atoms with van der Waals surface area (Å²) in [5.41, 5.74) is 9.03. The molecule has 0 aliphatic heterocycles. The SMILES string of the molecule is CCC1(c2ccc(-c3nc(-c4ccc(-c5ccc(C#N)cc5)cc4)nc(-c4ccc(C5(C)CC(C)CC[C@H](C)C5)cc4)n3)cc2)CC(C)CC[C@H](C)C1. The zero-order valence-corrected chi connectivity index (χ0v) is 32.7. The molecule has 0 N–H and O–H groups in total. The highest BCUT2D eigenvalue weighted by molar-refractivity contribution is 5.71. The number of aromatic nitrogens is 3. The van der Waals surface area contributed by atoms with Crippen LogP contribution in [-0.4, -0.2) is 15.0 Å². The average molecular weight is 701 g/mol. The van der Waals surface area contributed by atoms with Gasteiger partial charge in [0.25, 0.3) is 0 Å². The van der Waals surface area contributed by atoms with Crippen LogP contribution in [0.3, 0.4) is 0 Å². The van der Waals surface area contributed by atoms with Crippen LogP contribution in [0.1, 0.15) is 116 Å². The molecule has 0 radical (unpaired) electrons. The van der Waals surface area contributed by atoms with Gasteiger partial charge in [0.15, 0.2) is 17.5 Å². The fraction of sp³-hybridized carbons (Fsp3) is 0.429. The Morgan fingerprint density at radius 1 is 0.509 bits per heavy atom. The van der Waals surface area contributed by atoms with Gasteiger partial charge in [-0.05, 0) is 101 Å². The molecule has 2 fully saturated rings. The molecular weight excluding hydrogens is 645 g/mol. The van der Waals surface area contributed by atoms with Gasteiger partial charge in [0.05, 0.1) is 11.6 Å². The van der Waals surface area contributed by atoms with Gasteiger partial charge in [0, 0.05) is 16.7 Å². The fourth-order valence-electron chi connectivity index (χ4n) is 9.86. The van der Waals surface area contributed by atoms with Gasteiger partial charge >= 0.3 is 0 Å². The normalized spacial score (nSPS) is 26.3. The molecule has 4 nitrogen and oxygen atoms in total. The Hall–Kier alpha value is -4.62. The van der Waals surface area contributed by atoms with E-state index in [-0.39, 0.29) is 10.8 Å². The minimum absolute atomic E-state index is 0.171. The zero-order valence-electron chi connectivity index (χ0n) is 32.7. The van der Waals surface area contributed by atoms with Crippen LogP contribution >= 0.6 is 0 Å². The van der Waals surface area contributed by atoms with Crippen LogP contribution in [0.15, 0.2) is 97.1 Å². The van der Waals surface area contributed by atoms with Crippen LogP contribution in [0.25, 0.3) is 45.3 Å². The summed E-state index contributed by atoms with van der Waals surface area (Å²) < 4.78 is 0. The topological polar surface area (TPSA) is 62.5 Å². The van der Waals surface area contributed by atoms with Gasteiger partial charge in [-0.3, -0.25) is 0 Å². The van der Waals surface area contributed by atoms with Crippen molar-refractivity contribution >= 4 is 0 Å². The lowest BCUT2D eigenvalue weighted by Crippen LogP contribution is -2.28. The first-order chi connectivity index (χ1) is 25.6. The number of nitrogens with zero attached hydrogens (tertiary/aromatic N) is 4. The third-order valence-electron chi connectivity index (χ3n) is 12.8. The number of rotatable bonds is 7. The molecule has 0 bridgehead atoms. The molecular formula is C49H56N4. The molecule has 1 aromatic heterocycles. The van der Waals surface area contributed by atoms with E-state index in [9.17, 15) is 5.26 Å². The van der Waals surface area contributed by atoms with Crippen LogP contribution in [0.2, 0.25) is 0 Å². The Labute approximate surface area is 318 Å². The summed E-state index contributed by atoms with van der Waals surface area (Å²) in [5.74, 6) is 4.99. The molecule has 4 aromatic carbocycles. The van der Waals surface area contributed by atoms with Gasteiger partial charge in [0.1, 0.15) is 0 Å². The van der Waals surface area contributed by atoms with E-state index in [0.717, 1.165) is 57.9 Å². The van der Waals surface area contributed by atoms with Gasteiger partial charge in [-0.1, -0.05) is 152 Å². The first-order valence-corrected chi connectivity index (χ1v) is 20.2. The lowest BCUT2D eigenvalue weighted by molar-refractivity contribution is 0.295. The van der Waals surface area contributed by atoms with E-state index in [1.807, 2.05) is 24.3 Å². The second-order valence-electron chi connectivity index (χ2n) is 17.3. The predicted molar refractivity (Wildman–Crippen MR) is 219 cm³/mol. The number of hydrogen-bond donors (Lipinski definition) is 0. The largest absolute Gasteiger partial charge is 0.208 e. The number of hydrogen-bond acceptors (Lipinski definition) is 4. The first kappa shape index (κ1) is 36.7. The summed E-state index contributed by atoms with van der Waals surface area (Å²) in [6.07, 6.45) is 11.4. The second-order valence-corrected chi connectivity index (χ2v) is 17.3. The quantitative estimate of drug-likeness (QED) is 0.159. The Bertz CT molecular complexity index is 2010. The average Bonchev–Trinajstić information content (AvgIpc) is 3.43. The molecule has 2 saturated carbocycles. The van der Waals surface area contributed by atoms with Gasteiger partial charge in [-0.2, -0.15) is 5.26 Å². The smallest absolute Gasteiger partial charge is 0.164 e. The lowest BCUT2D eigenvalue weighted by Gasteiger charge is -2.35. The van der Waals surface area contributed by atoms with E-state index in [0.29, 0.717) is 23.0 Å². The maximum Gasteiger partial charge on any atom is 0.164 e. The minimum atomic E-state index is 0.171. The number of benzene rings is 4. The summed E-state index contributed by atoms with van der Waals surface area (Å²) in [6, 6.07) is 36.6. The van der Waals surface area contributed by atoms with Crippen LogP contribution in [0.5, 0.6) is 0 Å². The van der Waals surface area contributed by atoms with Crippen LogP contribution in [0, 0.1) is 35.0 Å². The Morgan fingerprint density at radius 3 is 1.25 bits per heavy atom. The van der Waals surface area contributed by atoms with Gasteiger partial charge < -0.3 is 0 Å². The Morgan fingerprint density at radius 2 is 0.849 bits per heavy atom. The highest BCUT2D eigenvalue weighted by Gasteiger charge is 2.36. The second kappa shape index (κ2) is 15.4. The molecule has 6 atom stereocenters.